The van der Waals surface area contributed by atoms with Gasteiger partial charge in [-0.05, 0) is 18.1 Å². The van der Waals surface area contributed by atoms with Crippen LogP contribution < -0.4 is 16.6 Å². The Morgan fingerprint density at radius 2 is 2.04 bits per heavy atom. The molecule has 0 aliphatic heterocycles. The minimum atomic E-state index is -0.689. The molecule has 1 aromatic heterocycles. The quantitative estimate of drug-likeness (QED) is 0.622. The van der Waals surface area contributed by atoms with Crippen LogP contribution in [0.3, 0.4) is 0 Å². The molecule has 0 unspecified atom stereocenters. The third-order valence-corrected chi connectivity index (χ3v) is 4.11. The number of amides is 1. The number of hydrogen-bond acceptors (Lipinski definition) is 4. The molecule has 2 atom stereocenters. The zero-order valence-electron chi connectivity index (χ0n) is 12.6. The van der Waals surface area contributed by atoms with Gasteiger partial charge >= 0.3 is 5.69 Å². The molecule has 0 radical (unpaired) electrons. The molecule has 7 nitrogen and oxygen atoms in total. The molecule has 0 saturated heterocycles. The highest BCUT2D eigenvalue weighted by atomic mass is 16.3. The summed E-state index contributed by atoms with van der Waals surface area (Å²) in [4.78, 5) is 39.8. The molecule has 2 aromatic rings. The summed E-state index contributed by atoms with van der Waals surface area (Å²) in [6.45, 7) is 1.57. The number of benzene rings is 1. The molecule has 3 rings (SSSR count). The molecule has 23 heavy (non-hydrogen) atoms. The van der Waals surface area contributed by atoms with E-state index >= 15 is 0 Å². The van der Waals surface area contributed by atoms with E-state index in [1.165, 1.54) is 0 Å². The van der Waals surface area contributed by atoms with Crippen molar-refractivity contribution in [2.75, 3.05) is 0 Å². The van der Waals surface area contributed by atoms with Gasteiger partial charge in [-0.2, -0.15) is 0 Å². The lowest BCUT2D eigenvalue weighted by molar-refractivity contribution is -0.122. The molecule has 4 N–H and O–H groups in total. The van der Waals surface area contributed by atoms with Gasteiger partial charge in [-0.15, -0.1) is 0 Å². The Balaban J connectivity index is 1.79. The van der Waals surface area contributed by atoms with Crippen LogP contribution in [-0.2, 0) is 17.6 Å². The molecular weight excluding hydrogens is 298 g/mol. The van der Waals surface area contributed by atoms with Crippen LogP contribution in [0.15, 0.2) is 33.9 Å². The fourth-order valence-corrected chi connectivity index (χ4v) is 2.97. The van der Waals surface area contributed by atoms with Crippen LogP contribution in [0.2, 0.25) is 0 Å². The first-order valence-corrected chi connectivity index (χ1v) is 7.33. The fourth-order valence-electron chi connectivity index (χ4n) is 2.97. The fraction of sp³-hybridized carbons (Fsp3) is 0.312. The Labute approximate surface area is 131 Å². The summed E-state index contributed by atoms with van der Waals surface area (Å²) >= 11 is 0. The number of rotatable bonds is 3. The summed E-state index contributed by atoms with van der Waals surface area (Å²) in [7, 11) is 0. The minimum Gasteiger partial charge on any atom is -0.390 e. The maximum atomic E-state index is 12.2. The van der Waals surface area contributed by atoms with Gasteiger partial charge in [0.2, 0.25) is 5.91 Å². The van der Waals surface area contributed by atoms with E-state index in [-0.39, 0.29) is 17.9 Å². The summed E-state index contributed by atoms with van der Waals surface area (Å²) in [5.41, 5.74) is 1.29. The molecule has 1 aliphatic carbocycles. The van der Waals surface area contributed by atoms with Crippen LogP contribution in [0.1, 0.15) is 28.4 Å². The van der Waals surface area contributed by atoms with Crippen LogP contribution in [0.5, 0.6) is 0 Å². The second-order valence-corrected chi connectivity index (χ2v) is 5.70. The standard InChI is InChI=1S/C16H17N3O4/c1-8-11(15(22)19-16(23)17-8)7-13(21)18-14-10-5-3-2-4-9(10)6-12(14)20/h2-5,12,14,20H,6-7H2,1H3,(H,18,21)(H2,17,19,22,23)/t12-,14-/m1/s1. The van der Waals surface area contributed by atoms with Crippen molar-refractivity contribution in [2.45, 2.75) is 31.9 Å². The van der Waals surface area contributed by atoms with Gasteiger partial charge in [0.25, 0.3) is 5.56 Å². The number of nitrogens with one attached hydrogen (secondary N) is 3. The number of aryl methyl sites for hydroxylation is 1. The summed E-state index contributed by atoms with van der Waals surface area (Å²) in [5.74, 6) is -0.383. The molecule has 1 aromatic carbocycles. The SMILES string of the molecule is Cc1[nH]c(=O)[nH]c(=O)c1CC(=O)N[C@@H]1c2ccccc2C[C@H]1O. The lowest BCUT2D eigenvalue weighted by Gasteiger charge is -2.18. The molecule has 0 fully saturated rings. The van der Waals surface area contributed by atoms with Crippen molar-refractivity contribution in [2.24, 2.45) is 0 Å². The molecule has 120 valence electrons. The predicted molar refractivity (Wildman–Crippen MR) is 83.2 cm³/mol. The van der Waals surface area contributed by atoms with Crippen molar-refractivity contribution < 1.29 is 9.90 Å². The van der Waals surface area contributed by atoms with Gasteiger partial charge in [-0.1, -0.05) is 24.3 Å². The highest BCUT2D eigenvalue weighted by Gasteiger charge is 2.31. The van der Waals surface area contributed by atoms with Gasteiger partial charge in [-0.25, -0.2) is 4.79 Å². The first-order chi connectivity index (χ1) is 11.0. The van der Waals surface area contributed by atoms with Crippen LogP contribution in [0.4, 0.5) is 0 Å². The van der Waals surface area contributed by atoms with E-state index in [4.69, 9.17) is 0 Å². The molecular formula is C16H17N3O4. The number of aromatic nitrogens is 2. The van der Waals surface area contributed by atoms with Gasteiger partial charge in [-0.3, -0.25) is 14.6 Å². The number of aromatic amines is 2. The number of fused-ring (bicyclic) bond motifs is 1. The van der Waals surface area contributed by atoms with E-state index in [1.807, 2.05) is 24.3 Å². The Morgan fingerprint density at radius 1 is 1.30 bits per heavy atom. The maximum absolute atomic E-state index is 12.2. The van der Waals surface area contributed by atoms with E-state index in [0.717, 1.165) is 11.1 Å². The molecule has 0 bridgehead atoms. The largest absolute Gasteiger partial charge is 0.390 e. The number of H-pyrrole nitrogens is 2. The van der Waals surface area contributed by atoms with Crippen molar-refractivity contribution in [1.29, 1.82) is 0 Å². The summed E-state index contributed by atoms with van der Waals surface area (Å²) in [5, 5.41) is 12.9. The molecule has 0 saturated carbocycles. The average molecular weight is 315 g/mol. The van der Waals surface area contributed by atoms with Crippen LogP contribution >= 0.6 is 0 Å². The topological polar surface area (TPSA) is 115 Å². The monoisotopic (exact) mass is 315 g/mol. The third kappa shape index (κ3) is 2.95. The zero-order valence-corrected chi connectivity index (χ0v) is 12.6. The summed E-state index contributed by atoms with van der Waals surface area (Å²) in [6, 6.07) is 7.04. The molecule has 1 amide bonds. The minimum absolute atomic E-state index is 0.163. The second-order valence-electron chi connectivity index (χ2n) is 5.70. The lowest BCUT2D eigenvalue weighted by atomic mass is 10.1. The van der Waals surface area contributed by atoms with Crippen LogP contribution in [-0.4, -0.2) is 27.1 Å². The summed E-state index contributed by atoms with van der Waals surface area (Å²) in [6.07, 6.45) is -0.366. The van der Waals surface area contributed by atoms with Crippen molar-refractivity contribution in [1.82, 2.24) is 15.3 Å². The van der Waals surface area contributed by atoms with Crippen molar-refractivity contribution in [3.63, 3.8) is 0 Å². The first kappa shape index (κ1) is 15.2. The van der Waals surface area contributed by atoms with Gasteiger partial charge in [0.1, 0.15) is 0 Å². The Bertz CT molecular complexity index is 868. The van der Waals surface area contributed by atoms with E-state index in [9.17, 15) is 19.5 Å². The van der Waals surface area contributed by atoms with Crippen molar-refractivity contribution >= 4 is 5.91 Å². The van der Waals surface area contributed by atoms with E-state index in [1.54, 1.807) is 6.92 Å². The normalized spacial score (nSPS) is 19.4. The van der Waals surface area contributed by atoms with Crippen LogP contribution in [0.25, 0.3) is 0 Å². The number of hydrogen-bond donors (Lipinski definition) is 4. The maximum Gasteiger partial charge on any atom is 0.325 e. The van der Waals surface area contributed by atoms with Gasteiger partial charge in [0.15, 0.2) is 0 Å². The molecule has 0 spiro atoms. The third-order valence-electron chi connectivity index (χ3n) is 4.11. The smallest absolute Gasteiger partial charge is 0.325 e. The van der Waals surface area contributed by atoms with Crippen LogP contribution in [0, 0.1) is 6.92 Å². The number of carbonyl (C=O) groups is 1. The highest BCUT2D eigenvalue weighted by Crippen LogP contribution is 2.31. The molecule has 7 heteroatoms. The number of aliphatic hydroxyl groups is 1. The Kier molecular flexibility index (Phi) is 3.87. The summed E-state index contributed by atoms with van der Waals surface area (Å²) < 4.78 is 0. The Hall–Kier alpha value is -2.67. The number of aliphatic hydroxyl groups excluding tert-OH is 1. The number of carbonyl (C=O) groups excluding carboxylic acids is 1. The lowest BCUT2D eigenvalue weighted by Crippen LogP contribution is -2.37. The van der Waals surface area contributed by atoms with Crippen molar-refractivity contribution in [3.8, 4) is 0 Å². The molecule has 1 aliphatic rings. The van der Waals surface area contributed by atoms with Gasteiger partial charge in [0, 0.05) is 17.7 Å². The van der Waals surface area contributed by atoms with E-state index < -0.39 is 23.4 Å². The highest BCUT2D eigenvalue weighted by molar-refractivity contribution is 5.79. The molecule has 1 heterocycles. The Morgan fingerprint density at radius 3 is 2.78 bits per heavy atom. The van der Waals surface area contributed by atoms with E-state index in [0.29, 0.717) is 12.1 Å². The second kappa shape index (κ2) is 5.85. The zero-order chi connectivity index (χ0) is 16.6. The first-order valence-electron chi connectivity index (χ1n) is 7.33. The average Bonchev–Trinajstić information content (AvgIpc) is 2.79. The van der Waals surface area contributed by atoms with Gasteiger partial charge in [0.05, 0.1) is 18.6 Å². The van der Waals surface area contributed by atoms with Crippen molar-refractivity contribution in [3.05, 3.63) is 67.5 Å². The van der Waals surface area contributed by atoms with Gasteiger partial charge < -0.3 is 15.4 Å². The van der Waals surface area contributed by atoms with E-state index in [2.05, 4.69) is 15.3 Å². The predicted octanol–water partition coefficient (Wildman–Crippen LogP) is -0.311.